The van der Waals surface area contributed by atoms with E-state index in [0.29, 0.717) is 27.4 Å². The summed E-state index contributed by atoms with van der Waals surface area (Å²) in [5.41, 5.74) is 6.03. The molecular weight excluding hydrogens is 475 g/mol. The summed E-state index contributed by atoms with van der Waals surface area (Å²) in [6.45, 7) is 2.12. The summed E-state index contributed by atoms with van der Waals surface area (Å²) in [5, 5.41) is 5.53. The largest absolute Gasteiger partial charge is 0.416 e. The van der Waals surface area contributed by atoms with Crippen molar-refractivity contribution >= 4 is 34.6 Å². The van der Waals surface area contributed by atoms with Gasteiger partial charge in [-0.3, -0.25) is 4.79 Å². The van der Waals surface area contributed by atoms with E-state index in [1.807, 2.05) is 12.1 Å². The Morgan fingerprint density at radius 3 is 2.43 bits per heavy atom. The molecule has 1 amide bonds. The standard InChI is InChI=1S/C27H23ClF3N3O/c1-2-3-4-17-5-14-24-22(15-17)23(16-32-34-26(35)19-8-12-21(28)13-9-19)25(33-24)18-6-10-20(11-7-18)27(29,30)31/h5-16,33H,2-4H2,1H3,(H,34,35)/b32-16+. The fraction of sp³-hybridized carbons (Fsp3) is 0.185. The van der Waals surface area contributed by atoms with Crippen LogP contribution in [-0.2, 0) is 12.6 Å². The molecule has 0 aliphatic carbocycles. The zero-order chi connectivity index (χ0) is 25.0. The number of fused-ring (bicyclic) bond motifs is 1. The van der Waals surface area contributed by atoms with Gasteiger partial charge in [0.2, 0.25) is 0 Å². The van der Waals surface area contributed by atoms with Gasteiger partial charge < -0.3 is 4.98 Å². The predicted octanol–water partition coefficient (Wildman–Crippen LogP) is 7.61. The molecular formula is C27H23ClF3N3O. The number of aromatic amines is 1. The minimum absolute atomic E-state index is 0.398. The van der Waals surface area contributed by atoms with Gasteiger partial charge >= 0.3 is 6.18 Å². The Morgan fingerprint density at radius 2 is 1.77 bits per heavy atom. The lowest BCUT2D eigenvalue weighted by atomic mass is 10.0. The topological polar surface area (TPSA) is 57.2 Å². The van der Waals surface area contributed by atoms with Gasteiger partial charge in [0.1, 0.15) is 0 Å². The normalized spacial score (nSPS) is 11.9. The van der Waals surface area contributed by atoms with Gasteiger partial charge in [-0.2, -0.15) is 18.3 Å². The van der Waals surface area contributed by atoms with Crippen molar-refractivity contribution < 1.29 is 18.0 Å². The predicted molar refractivity (Wildman–Crippen MR) is 134 cm³/mol. The van der Waals surface area contributed by atoms with Crippen LogP contribution in [0.5, 0.6) is 0 Å². The van der Waals surface area contributed by atoms with E-state index in [9.17, 15) is 18.0 Å². The zero-order valence-electron chi connectivity index (χ0n) is 18.9. The number of aromatic nitrogens is 1. The molecule has 35 heavy (non-hydrogen) atoms. The molecule has 0 bridgehead atoms. The summed E-state index contributed by atoms with van der Waals surface area (Å²) in [6.07, 6.45) is 0.124. The average Bonchev–Trinajstić information content (AvgIpc) is 3.20. The number of carbonyl (C=O) groups is 1. The van der Waals surface area contributed by atoms with Crippen molar-refractivity contribution in [1.29, 1.82) is 0 Å². The van der Waals surface area contributed by atoms with Crippen molar-refractivity contribution in [2.75, 3.05) is 0 Å². The maximum absolute atomic E-state index is 13.0. The van der Waals surface area contributed by atoms with E-state index >= 15 is 0 Å². The number of alkyl halides is 3. The number of benzene rings is 3. The van der Waals surface area contributed by atoms with Gasteiger partial charge in [-0.25, -0.2) is 5.43 Å². The van der Waals surface area contributed by atoms with Crippen molar-refractivity contribution in [1.82, 2.24) is 10.4 Å². The van der Waals surface area contributed by atoms with Crippen molar-refractivity contribution in [3.63, 3.8) is 0 Å². The molecule has 8 heteroatoms. The quantitative estimate of drug-likeness (QED) is 0.200. The number of carbonyl (C=O) groups excluding carboxylic acids is 1. The summed E-state index contributed by atoms with van der Waals surface area (Å²) in [6, 6.07) is 17.4. The minimum atomic E-state index is -4.41. The second kappa shape index (κ2) is 10.4. The first-order chi connectivity index (χ1) is 16.8. The molecule has 1 aromatic heterocycles. The third-order valence-corrected chi connectivity index (χ3v) is 5.94. The summed E-state index contributed by atoms with van der Waals surface area (Å²) in [4.78, 5) is 15.7. The number of nitrogens with one attached hydrogen (secondary N) is 2. The molecule has 3 aromatic carbocycles. The van der Waals surface area contributed by atoms with Gasteiger partial charge in [0, 0.05) is 27.1 Å². The lowest BCUT2D eigenvalue weighted by molar-refractivity contribution is -0.137. The number of hydrogen-bond donors (Lipinski definition) is 2. The van der Waals surface area contributed by atoms with Crippen LogP contribution in [0.15, 0.2) is 71.8 Å². The monoisotopic (exact) mass is 497 g/mol. The highest BCUT2D eigenvalue weighted by Gasteiger charge is 2.30. The highest BCUT2D eigenvalue weighted by molar-refractivity contribution is 6.30. The molecule has 4 rings (SSSR count). The highest BCUT2D eigenvalue weighted by Crippen LogP contribution is 2.34. The van der Waals surface area contributed by atoms with E-state index < -0.39 is 17.6 Å². The van der Waals surface area contributed by atoms with Gasteiger partial charge in [0.15, 0.2) is 0 Å². The van der Waals surface area contributed by atoms with E-state index in [1.54, 1.807) is 24.3 Å². The molecule has 0 spiro atoms. The van der Waals surface area contributed by atoms with Gasteiger partial charge in [0.25, 0.3) is 5.91 Å². The second-order valence-electron chi connectivity index (χ2n) is 8.18. The molecule has 0 aliphatic heterocycles. The van der Waals surface area contributed by atoms with Crippen LogP contribution in [0.25, 0.3) is 22.2 Å². The van der Waals surface area contributed by atoms with Crippen LogP contribution in [0.3, 0.4) is 0 Å². The Labute approximate surface area is 205 Å². The number of nitrogens with zero attached hydrogens (tertiary/aromatic N) is 1. The van der Waals surface area contributed by atoms with E-state index in [2.05, 4.69) is 28.5 Å². The Bertz CT molecular complexity index is 1360. The first-order valence-electron chi connectivity index (χ1n) is 11.2. The fourth-order valence-corrected chi connectivity index (χ4v) is 3.93. The third-order valence-electron chi connectivity index (χ3n) is 5.69. The number of hydrazone groups is 1. The smallest absolute Gasteiger partial charge is 0.354 e. The maximum Gasteiger partial charge on any atom is 0.416 e. The van der Waals surface area contributed by atoms with Gasteiger partial charge in [-0.1, -0.05) is 43.1 Å². The van der Waals surface area contributed by atoms with Crippen molar-refractivity contribution in [3.05, 3.63) is 94.0 Å². The highest BCUT2D eigenvalue weighted by atomic mass is 35.5. The van der Waals surface area contributed by atoms with Crippen molar-refractivity contribution in [2.24, 2.45) is 5.10 Å². The number of amides is 1. The SMILES string of the molecule is CCCCc1ccc2[nH]c(-c3ccc(C(F)(F)F)cc3)c(/C=N/NC(=O)c3ccc(Cl)cc3)c2c1. The summed E-state index contributed by atoms with van der Waals surface area (Å²) in [7, 11) is 0. The van der Waals surface area contributed by atoms with E-state index in [-0.39, 0.29) is 0 Å². The summed E-state index contributed by atoms with van der Waals surface area (Å²) < 4.78 is 39.1. The molecule has 2 N–H and O–H groups in total. The molecule has 4 nitrogen and oxygen atoms in total. The molecule has 0 fully saturated rings. The number of rotatable bonds is 7. The van der Waals surface area contributed by atoms with E-state index in [4.69, 9.17) is 11.6 Å². The van der Waals surface area contributed by atoms with Gasteiger partial charge in [-0.05, 0) is 72.5 Å². The molecule has 0 unspecified atom stereocenters. The molecule has 0 radical (unpaired) electrons. The van der Waals surface area contributed by atoms with Gasteiger partial charge in [0.05, 0.1) is 17.5 Å². The lowest BCUT2D eigenvalue weighted by Gasteiger charge is -2.07. The Balaban J connectivity index is 1.71. The van der Waals surface area contributed by atoms with Gasteiger partial charge in [-0.15, -0.1) is 0 Å². The number of unbranched alkanes of at least 4 members (excludes halogenated alkanes) is 1. The Kier molecular flexibility index (Phi) is 7.26. The Hall–Kier alpha value is -3.58. The average molecular weight is 498 g/mol. The third kappa shape index (κ3) is 5.74. The minimum Gasteiger partial charge on any atom is -0.354 e. The van der Waals surface area contributed by atoms with E-state index in [0.717, 1.165) is 47.9 Å². The van der Waals surface area contributed by atoms with E-state index in [1.165, 1.54) is 18.3 Å². The molecule has 180 valence electrons. The number of aryl methyl sites for hydroxylation is 1. The van der Waals surface area contributed by atoms with Crippen LogP contribution in [0.2, 0.25) is 5.02 Å². The number of halogens is 4. The van der Waals surface area contributed by atoms with Crippen LogP contribution in [0.1, 0.15) is 46.8 Å². The number of H-pyrrole nitrogens is 1. The Morgan fingerprint density at radius 1 is 1.06 bits per heavy atom. The fourth-order valence-electron chi connectivity index (χ4n) is 3.81. The summed E-state index contributed by atoms with van der Waals surface area (Å²) in [5.74, 6) is -0.405. The van der Waals surface area contributed by atoms with Crippen LogP contribution in [0.4, 0.5) is 13.2 Å². The van der Waals surface area contributed by atoms with Crippen LogP contribution >= 0.6 is 11.6 Å². The first-order valence-corrected chi connectivity index (χ1v) is 11.5. The number of hydrogen-bond acceptors (Lipinski definition) is 2. The van der Waals surface area contributed by atoms with Crippen molar-refractivity contribution in [2.45, 2.75) is 32.4 Å². The molecule has 1 heterocycles. The molecule has 0 saturated carbocycles. The van der Waals surface area contributed by atoms with Crippen LogP contribution in [-0.4, -0.2) is 17.1 Å². The maximum atomic E-state index is 13.0. The molecule has 4 aromatic rings. The molecule has 0 atom stereocenters. The van der Waals surface area contributed by atoms with Crippen LogP contribution in [0, 0.1) is 0 Å². The summed E-state index contributed by atoms with van der Waals surface area (Å²) >= 11 is 5.87. The van der Waals surface area contributed by atoms with Crippen LogP contribution < -0.4 is 5.43 Å². The lowest BCUT2D eigenvalue weighted by Crippen LogP contribution is -2.17. The second-order valence-corrected chi connectivity index (χ2v) is 8.61. The molecule has 0 aliphatic rings. The van der Waals surface area contributed by atoms with Crippen molar-refractivity contribution in [3.8, 4) is 11.3 Å². The zero-order valence-corrected chi connectivity index (χ0v) is 19.7. The first kappa shape index (κ1) is 24.5. The molecule has 0 saturated heterocycles.